The van der Waals surface area contributed by atoms with E-state index in [0.717, 1.165) is 5.56 Å². The Hall–Kier alpha value is -1.66. The lowest BCUT2D eigenvalue weighted by atomic mass is 10.2. The van der Waals surface area contributed by atoms with Gasteiger partial charge in [-0.15, -0.1) is 0 Å². The maximum absolute atomic E-state index is 13.1. The van der Waals surface area contributed by atoms with Gasteiger partial charge in [-0.2, -0.15) is 0 Å². The summed E-state index contributed by atoms with van der Waals surface area (Å²) < 4.78 is 24.7. The molecule has 0 heterocycles. The molecule has 110 valence electrons. The topological polar surface area (TPSA) is 44.5 Å². The van der Waals surface area contributed by atoms with Crippen molar-refractivity contribution in [2.24, 2.45) is 5.73 Å². The van der Waals surface area contributed by atoms with Crippen LogP contribution in [0.1, 0.15) is 5.56 Å². The fraction of sp³-hybridized carbons (Fsp3) is 0.133. The summed E-state index contributed by atoms with van der Waals surface area (Å²) in [5.41, 5.74) is 6.30. The smallest absolute Gasteiger partial charge is 0.136 e. The molecule has 0 aliphatic heterocycles. The third kappa shape index (κ3) is 4.68. The lowest BCUT2D eigenvalue weighted by molar-refractivity contribution is 0.216. The third-order valence-electron chi connectivity index (χ3n) is 2.64. The Morgan fingerprint density at radius 2 is 1.76 bits per heavy atom. The molecule has 0 unspecified atom stereocenters. The molecule has 0 saturated carbocycles. The predicted octanol–water partition coefficient (Wildman–Crippen LogP) is 3.68. The molecule has 0 fully saturated rings. The van der Waals surface area contributed by atoms with Gasteiger partial charge in [0.25, 0.3) is 0 Å². The molecule has 0 aromatic heterocycles. The second-order valence-corrected chi connectivity index (χ2v) is 5.45. The van der Waals surface area contributed by atoms with Gasteiger partial charge < -0.3 is 15.2 Å². The summed E-state index contributed by atoms with van der Waals surface area (Å²) in [6, 6.07) is 11.4. The SMILES string of the molecule is NC(=S)c1ccc(OCCOc2cc(F)ccc2Br)cc1. The molecule has 0 saturated heterocycles. The van der Waals surface area contributed by atoms with Crippen molar-refractivity contribution in [1.29, 1.82) is 0 Å². The van der Waals surface area contributed by atoms with Crippen molar-refractivity contribution in [3.05, 3.63) is 58.3 Å². The molecule has 21 heavy (non-hydrogen) atoms. The van der Waals surface area contributed by atoms with Crippen molar-refractivity contribution in [2.75, 3.05) is 13.2 Å². The van der Waals surface area contributed by atoms with E-state index in [9.17, 15) is 4.39 Å². The lowest BCUT2D eigenvalue weighted by Gasteiger charge is -2.10. The highest BCUT2D eigenvalue weighted by Gasteiger charge is 2.03. The monoisotopic (exact) mass is 369 g/mol. The highest BCUT2D eigenvalue weighted by Crippen LogP contribution is 2.25. The summed E-state index contributed by atoms with van der Waals surface area (Å²) in [5.74, 6) is 0.793. The van der Waals surface area contributed by atoms with Gasteiger partial charge in [0.2, 0.25) is 0 Å². The first-order chi connectivity index (χ1) is 10.1. The standard InChI is InChI=1S/C15H13BrFNO2S/c16-13-6-3-11(17)9-14(13)20-8-7-19-12-4-1-10(2-5-12)15(18)21/h1-6,9H,7-8H2,(H2,18,21). The molecule has 0 spiro atoms. The van der Waals surface area contributed by atoms with Crippen molar-refractivity contribution in [2.45, 2.75) is 0 Å². The molecule has 0 amide bonds. The first kappa shape index (κ1) is 15.7. The van der Waals surface area contributed by atoms with E-state index in [0.29, 0.717) is 34.2 Å². The Labute approximate surface area is 136 Å². The van der Waals surface area contributed by atoms with Gasteiger partial charge in [0, 0.05) is 11.6 Å². The minimum Gasteiger partial charge on any atom is -0.490 e. The van der Waals surface area contributed by atoms with Gasteiger partial charge in [0.05, 0.1) is 4.47 Å². The van der Waals surface area contributed by atoms with Crippen molar-refractivity contribution >= 4 is 33.1 Å². The summed E-state index contributed by atoms with van der Waals surface area (Å²) in [5, 5.41) is 0. The number of thiocarbonyl (C=S) groups is 1. The van der Waals surface area contributed by atoms with E-state index < -0.39 is 0 Å². The number of rotatable bonds is 6. The van der Waals surface area contributed by atoms with Gasteiger partial charge in [-0.25, -0.2) is 4.39 Å². The number of halogens is 2. The van der Waals surface area contributed by atoms with E-state index in [1.165, 1.54) is 12.1 Å². The largest absolute Gasteiger partial charge is 0.490 e. The second-order valence-electron chi connectivity index (χ2n) is 4.16. The molecule has 0 bridgehead atoms. The van der Waals surface area contributed by atoms with Crippen molar-refractivity contribution in [1.82, 2.24) is 0 Å². The fourth-order valence-corrected chi connectivity index (χ4v) is 2.11. The second kappa shape index (κ2) is 7.38. The van der Waals surface area contributed by atoms with Crippen LogP contribution in [0.3, 0.4) is 0 Å². The Morgan fingerprint density at radius 3 is 2.43 bits per heavy atom. The average molecular weight is 370 g/mol. The Kier molecular flexibility index (Phi) is 5.52. The molecule has 2 aromatic rings. The normalized spacial score (nSPS) is 10.2. The number of benzene rings is 2. The maximum Gasteiger partial charge on any atom is 0.136 e. The van der Waals surface area contributed by atoms with Crippen LogP contribution in [0.4, 0.5) is 4.39 Å². The molecule has 6 heteroatoms. The third-order valence-corrected chi connectivity index (χ3v) is 3.53. The quantitative estimate of drug-likeness (QED) is 0.623. The molecular formula is C15H13BrFNO2S. The minimum absolute atomic E-state index is 0.305. The number of hydrogen-bond donors (Lipinski definition) is 1. The lowest BCUT2D eigenvalue weighted by Crippen LogP contribution is -2.10. The van der Waals surface area contributed by atoms with Gasteiger partial charge in [0.1, 0.15) is 35.5 Å². The van der Waals surface area contributed by atoms with Crippen LogP contribution in [-0.2, 0) is 0 Å². The zero-order valence-corrected chi connectivity index (χ0v) is 13.4. The van der Waals surface area contributed by atoms with Gasteiger partial charge in [-0.05, 0) is 52.3 Å². The molecule has 2 rings (SSSR count). The van der Waals surface area contributed by atoms with Crippen LogP contribution >= 0.6 is 28.1 Å². The van der Waals surface area contributed by atoms with Crippen molar-refractivity contribution in [3.63, 3.8) is 0 Å². The number of hydrogen-bond acceptors (Lipinski definition) is 3. The highest BCUT2D eigenvalue weighted by molar-refractivity contribution is 9.10. The molecular weight excluding hydrogens is 357 g/mol. The maximum atomic E-state index is 13.1. The number of nitrogens with two attached hydrogens (primary N) is 1. The van der Waals surface area contributed by atoms with Crippen LogP contribution in [0.15, 0.2) is 46.9 Å². The zero-order valence-electron chi connectivity index (χ0n) is 11.0. The first-order valence-electron chi connectivity index (χ1n) is 6.17. The molecule has 0 aliphatic carbocycles. The van der Waals surface area contributed by atoms with E-state index in [1.54, 1.807) is 30.3 Å². The molecule has 3 nitrogen and oxygen atoms in total. The summed E-state index contributed by atoms with van der Waals surface area (Å²) in [7, 11) is 0. The van der Waals surface area contributed by atoms with Crippen molar-refractivity contribution < 1.29 is 13.9 Å². The number of ether oxygens (including phenoxy) is 2. The summed E-state index contributed by atoms with van der Waals surface area (Å²) in [6.07, 6.45) is 0. The predicted molar refractivity (Wildman–Crippen MR) is 87.4 cm³/mol. The van der Waals surface area contributed by atoms with Gasteiger partial charge >= 0.3 is 0 Å². The van der Waals surface area contributed by atoms with E-state index in [4.69, 9.17) is 27.4 Å². The molecule has 0 atom stereocenters. The average Bonchev–Trinajstić information content (AvgIpc) is 2.47. The minimum atomic E-state index is -0.345. The van der Waals surface area contributed by atoms with Crippen LogP contribution in [-0.4, -0.2) is 18.2 Å². The molecule has 0 radical (unpaired) electrons. The van der Waals surface area contributed by atoms with E-state index in [1.807, 2.05) is 0 Å². The van der Waals surface area contributed by atoms with Gasteiger partial charge in [0.15, 0.2) is 0 Å². The summed E-state index contributed by atoms with van der Waals surface area (Å²) in [4.78, 5) is 0.348. The van der Waals surface area contributed by atoms with Gasteiger partial charge in [-0.1, -0.05) is 12.2 Å². The summed E-state index contributed by atoms with van der Waals surface area (Å²) in [6.45, 7) is 0.647. The van der Waals surface area contributed by atoms with Gasteiger partial charge in [-0.3, -0.25) is 0 Å². The van der Waals surface area contributed by atoms with Crippen LogP contribution < -0.4 is 15.2 Å². The van der Waals surface area contributed by atoms with E-state index in [-0.39, 0.29) is 5.82 Å². The first-order valence-corrected chi connectivity index (χ1v) is 7.37. The fourth-order valence-electron chi connectivity index (χ4n) is 1.61. The molecule has 2 aromatic carbocycles. The zero-order chi connectivity index (χ0) is 15.2. The van der Waals surface area contributed by atoms with E-state index in [2.05, 4.69) is 15.9 Å². The van der Waals surface area contributed by atoms with Crippen LogP contribution in [0.5, 0.6) is 11.5 Å². The Balaban J connectivity index is 1.81. The summed E-state index contributed by atoms with van der Waals surface area (Å²) >= 11 is 8.16. The van der Waals surface area contributed by atoms with Crippen LogP contribution in [0.25, 0.3) is 0 Å². The molecule has 0 aliphatic rings. The Bertz CT molecular complexity index is 634. The van der Waals surface area contributed by atoms with Crippen molar-refractivity contribution in [3.8, 4) is 11.5 Å². The molecule has 2 N–H and O–H groups in total. The van der Waals surface area contributed by atoms with Crippen LogP contribution in [0.2, 0.25) is 0 Å². The highest BCUT2D eigenvalue weighted by atomic mass is 79.9. The van der Waals surface area contributed by atoms with E-state index >= 15 is 0 Å². The Morgan fingerprint density at radius 1 is 1.10 bits per heavy atom. The van der Waals surface area contributed by atoms with Crippen LogP contribution in [0, 0.1) is 5.82 Å².